The Morgan fingerprint density at radius 3 is 2.88 bits per heavy atom. The molecule has 0 saturated carbocycles. The Balaban J connectivity index is 1.56. The summed E-state index contributed by atoms with van der Waals surface area (Å²) < 4.78 is 5.37. The van der Waals surface area contributed by atoms with E-state index in [0.717, 1.165) is 43.9 Å². The normalized spacial score (nSPS) is 18.6. The van der Waals surface area contributed by atoms with Crippen molar-refractivity contribution in [2.45, 2.75) is 45.6 Å². The van der Waals surface area contributed by atoms with Crippen molar-refractivity contribution in [1.82, 2.24) is 15.0 Å². The molecule has 1 aliphatic heterocycles. The van der Waals surface area contributed by atoms with Crippen LogP contribution in [0.4, 0.5) is 0 Å². The van der Waals surface area contributed by atoms with E-state index in [4.69, 9.17) is 10.3 Å². The summed E-state index contributed by atoms with van der Waals surface area (Å²) in [4.78, 5) is 18.2. The molecule has 1 aliphatic rings. The smallest absolute Gasteiger partial charge is 0.248 e. The fourth-order valence-corrected chi connectivity index (χ4v) is 3.23. The molecule has 6 heteroatoms. The van der Waals surface area contributed by atoms with Gasteiger partial charge in [0.25, 0.3) is 0 Å². The molecule has 1 atom stereocenters. The van der Waals surface area contributed by atoms with E-state index >= 15 is 0 Å². The Labute approximate surface area is 148 Å². The summed E-state index contributed by atoms with van der Waals surface area (Å²) in [5, 5.41) is 4.11. The average molecular weight is 342 g/mol. The first kappa shape index (κ1) is 17.6. The summed E-state index contributed by atoms with van der Waals surface area (Å²) in [6.45, 7) is 8.94. The van der Waals surface area contributed by atoms with Gasteiger partial charge in [-0.25, -0.2) is 0 Å². The van der Waals surface area contributed by atoms with Crippen molar-refractivity contribution in [3.8, 4) is 0 Å². The van der Waals surface area contributed by atoms with E-state index in [1.54, 1.807) is 6.07 Å². The molecule has 2 N–H and O–H groups in total. The minimum atomic E-state index is -0.373. The van der Waals surface area contributed by atoms with Crippen molar-refractivity contribution in [3.05, 3.63) is 47.1 Å². The zero-order valence-electron chi connectivity index (χ0n) is 15.2. The number of rotatable bonds is 5. The maximum absolute atomic E-state index is 11.3. The third-order valence-electron chi connectivity index (χ3n) is 4.58. The quantitative estimate of drug-likeness (QED) is 0.902. The van der Waals surface area contributed by atoms with Crippen LogP contribution in [0.25, 0.3) is 0 Å². The fraction of sp³-hybridized carbons (Fsp3) is 0.526. The number of hydrogen-bond acceptors (Lipinski definition) is 5. The Bertz CT molecular complexity index is 748. The predicted octanol–water partition coefficient (Wildman–Crippen LogP) is 2.53. The lowest BCUT2D eigenvalue weighted by Gasteiger charge is -2.14. The van der Waals surface area contributed by atoms with Crippen LogP contribution in [-0.4, -0.2) is 34.0 Å². The van der Waals surface area contributed by atoms with Crippen molar-refractivity contribution in [1.29, 1.82) is 0 Å². The highest BCUT2D eigenvalue weighted by Crippen LogP contribution is 2.24. The lowest BCUT2D eigenvalue weighted by Crippen LogP contribution is -2.21. The van der Waals surface area contributed by atoms with Crippen molar-refractivity contribution < 1.29 is 9.32 Å². The molecule has 1 unspecified atom stereocenters. The lowest BCUT2D eigenvalue weighted by molar-refractivity contribution is 0.1000. The zero-order chi connectivity index (χ0) is 18.0. The third-order valence-corrected chi connectivity index (χ3v) is 4.58. The van der Waals surface area contributed by atoms with Crippen LogP contribution in [-0.2, 0) is 18.4 Å². The number of carbonyl (C=O) groups is 1. The fourth-order valence-electron chi connectivity index (χ4n) is 3.23. The van der Waals surface area contributed by atoms with Gasteiger partial charge in [0.1, 0.15) is 0 Å². The van der Waals surface area contributed by atoms with Crippen LogP contribution in [0.2, 0.25) is 0 Å². The van der Waals surface area contributed by atoms with Crippen LogP contribution < -0.4 is 5.73 Å². The van der Waals surface area contributed by atoms with Crippen molar-refractivity contribution in [2.24, 2.45) is 11.7 Å². The summed E-state index contributed by atoms with van der Waals surface area (Å²) in [5.41, 5.74) is 6.98. The number of nitrogens with zero attached hydrogens (tertiary/aromatic N) is 3. The van der Waals surface area contributed by atoms with Gasteiger partial charge in [-0.1, -0.05) is 38.1 Å². The molecule has 25 heavy (non-hydrogen) atoms. The van der Waals surface area contributed by atoms with E-state index in [0.29, 0.717) is 17.4 Å². The molecule has 0 aliphatic carbocycles. The molecule has 0 bridgehead atoms. The van der Waals surface area contributed by atoms with E-state index in [-0.39, 0.29) is 11.3 Å². The SMILES string of the molecule is CC(C)(C)c1nc(CN2CCC(Cc3cccc(C(N)=O)c3)C2)no1. The van der Waals surface area contributed by atoms with Crippen LogP contribution in [0.3, 0.4) is 0 Å². The average Bonchev–Trinajstić information content (AvgIpc) is 3.17. The van der Waals surface area contributed by atoms with Gasteiger partial charge >= 0.3 is 0 Å². The van der Waals surface area contributed by atoms with Gasteiger partial charge in [0.05, 0.1) is 6.54 Å². The molecule has 134 valence electrons. The van der Waals surface area contributed by atoms with Gasteiger partial charge in [-0.05, 0) is 43.0 Å². The monoisotopic (exact) mass is 342 g/mol. The molecule has 1 fully saturated rings. The molecule has 1 amide bonds. The topological polar surface area (TPSA) is 85.3 Å². The summed E-state index contributed by atoms with van der Waals surface area (Å²) in [6, 6.07) is 7.62. The first-order valence-corrected chi connectivity index (χ1v) is 8.75. The molecule has 1 aromatic carbocycles. The van der Waals surface area contributed by atoms with Crippen molar-refractivity contribution in [2.75, 3.05) is 13.1 Å². The predicted molar refractivity (Wildman–Crippen MR) is 95.0 cm³/mol. The summed E-state index contributed by atoms with van der Waals surface area (Å²) in [5.74, 6) is 1.63. The highest BCUT2D eigenvalue weighted by Gasteiger charge is 2.26. The maximum atomic E-state index is 11.3. The Morgan fingerprint density at radius 2 is 2.20 bits per heavy atom. The second kappa shape index (κ2) is 6.96. The van der Waals surface area contributed by atoms with Crippen LogP contribution in [0.15, 0.2) is 28.8 Å². The molecule has 3 rings (SSSR count). The number of likely N-dealkylation sites (tertiary alicyclic amines) is 1. The van der Waals surface area contributed by atoms with E-state index in [1.165, 1.54) is 0 Å². The number of nitrogens with two attached hydrogens (primary N) is 1. The molecule has 2 heterocycles. The van der Waals surface area contributed by atoms with Gasteiger partial charge in [-0.3, -0.25) is 9.69 Å². The molecule has 0 radical (unpaired) electrons. The number of carbonyl (C=O) groups excluding carboxylic acids is 1. The number of primary amides is 1. The zero-order valence-corrected chi connectivity index (χ0v) is 15.2. The molecular weight excluding hydrogens is 316 g/mol. The van der Waals surface area contributed by atoms with Crippen LogP contribution >= 0.6 is 0 Å². The lowest BCUT2D eigenvalue weighted by atomic mass is 9.97. The summed E-state index contributed by atoms with van der Waals surface area (Å²) in [7, 11) is 0. The Hall–Kier alpha value is -2.21. The van der Waals surface area contributed by atoms with E-state index in [1.807, 2.05) is 12.1 Å². The first-order chi connectivity index (χ1) is 11.8. The maximum Gasteiger partial charge on any atom is 0.248 e. The number of amides is 1. The third kappa shape index (κ3) is 4.45. The Morgan fingerprint density at radius 1 is 1.40 bits per heavy atom. The highest BCUT2D eigenvalue weighted by atomic mass is 16.5. The van der Waals surface area contributed by atoms with Gasteiger partial charge in [-0.15, -0.1) is 0 Å². The van der Waals surface area contributed by atoms with Gasteiger partial charge < -0.3 is 10.3 Å². The number of aromatic nitrogens is 2. The minimum absolute atomic E-state index is 0.121. The molecular formula is C19H26N4O2. The molecule has 6 nitrogen and oxygen atoms in total. The van der Waals surface area contributed by atoms with Gasteiger partial charge in [0, 0.05) is 17.5 Å². The highest BCUT2D eigenvalue weighted by molar-refractivity contribution is 5.92. The van der Waals surface area contributed by atoms with Crippen LogP contribution in [0.1, 0.15) is 54.8 Å². The van der Waals surface area contributed by atoms with Crippen LogP contribution in [0, 0.1) is 5.92 Å². The van der Waals surface area contributed by atoms with Gasteiger partial charge in [0.2, 0.25) is 11.8 Å². The Kier molecular flexibility index (Phi) is 4.90. The van der Waals surface area contributed by atoms with E-state index in [9.17, 15) is 4.79 Å². The molecule has 1 aromatic heterocycles. The standard InChI is InChI=1S/C19H26N4O2/c1-19(2,3)18-21-16(22-25-18)12-23-8-7-14(11-23)9-13-5-4-6-15(10-13)17(20)24/h4-6,10,14H,7-9,11-12H2,1-3H3,(H2,20,24). The largest absolute Gasteiger partial charge is 0.366 e. The van der Waals surface area contributed by atoms with Crippen molar-refractivity contribution in [3.63, 3.8) is 0 Å². The van der Waals surface area contributed by atoms with Gasteiger partial charge in [0.15, 0.2) is 5.82 Å². The van der Waals surface area contributed by atoms with E-state index in [2.05, 4.69) is 41.9 Å². The number of benzene rings is 1. The van der Waals surface area contributed by atoms with Crippen molar-refractivity contribution >= 4 is 5.91 Å². The molecule has 0 spiro atoms. The molecule has 2 aromatic rings. The number of hydrogen-bond donors (Lipinski definition) is 1. The first-order valence-electron chi connectivity index (χ1n) is 8.75. The summed E-state index contributed by atoms with van der Waals surface area (Å²) in [6.07, 6.45) is 2.09. The second-order valence-corrected chi connectivity index (χ2v) is 7.92. The minimum Gasteiger partial charge on any atom is -0.366 e. The molecule has 1 saturated heterocycles. The van der Waals surface area contributed by atoms with E-state index < -0.39 is 0 Å². The van der Waals surface area contributed by atoms with Crippen LogP contribution in [0.5, 0.6) is 0 Å². The van der Waals surface area contributed by atoms with Gasteiger partial charge in [-0.2, -0.15) is 4.98 Å². The second-order valence-electron chi connectivity index (χ2n) is 7.92. The summed E-state index contributed by atoms with van der Waals surface area (Å²) >= 11 is 0.